The Morgan fingerprint density at radius 2 is 1.72 bits per heavy atom. The second-order valence-electron chi connectivity index (χ2n) is 6.63. The molecular weight excluding hydrogens is 312 g/mol. The van der Waals surface area contributed by atoms with Crippen LogP contribution >= 0.6 is 0 Å². The molecule has 0 aliphatic carbocycles. The van der Waals surface area contributed by atoms with E-state index in [1.54, 1.807) is 14.2 Å². The molecule has 1 aliphatic rings. The van der Waals surface area contributed by atoms with Gasteiger partial charge in [0.05, 0.1) is 20.3 Å². The summed E-state index contributed by atoms with van der Waals surface area (Å²) >= 11 is 0. The molecule has 1 unspecified atom stereocenters. The minimum absolute atomic E-state index is 0.160. The number of rotatable bonds is 5. The van der Waals surface area contributed by atoms with Crippen LogP contribution in [-0.4, -0.2) is 45.3 Å². The maximum atomic E-state index is 5.76. The van der Waals surface area contributed by atoms with Gasteiger partial charge in [-0.1, -0.05) is 35.9 Å². The van der Waals surface area contributed by atoms with Crippen LogP contribution < -0.4 is 14.8 Å². The lowest BCUT2D eigenvalue weighted by Crippen LogP contribution is -2.45. The standard InChI is InChI=1S/C21H28N2O2/c1-15-8-9-17(16(2)14-15)20(23-12-10-22-11-13-23)18-6-5-7-19(24-3)21(18)25-4/h5-9,14,20,22H,10-13H2,1-4H3. The van der Waals surface area contributed by atoms with E-state index in [0.717, 1.165) is 43.2 Å². The van der Waals surface area contributed by atoms with Crippen LogP contribution in [0.25, 0.3) is 0 Å². The minimum atomic E-state index is 0.160. The Morgan fingerprint density at radius 3 is 2.36 bits per heavy atom. The highest BCUT2D eigenvalue weighted by molar-refractivity contribution is 5.52. The van der Waals surface area contributed by atoms with Crippen molar-refractivity contribution in [1.29, 1.82) is 0 Å². The molecule has 4 nitrogen and oxygen atoms in total. The van der Waals surface area contributed by atoms with Gasteiger partial charge in [0.2, 0.25) is 0 Å². The Morgan fingerprint density at radius 1 is 0.960 bits per heavy atom. The van der Waals surface area contributed by atoms with Crippen molar-refractivity contribution in [2.75, 3.05) is 40.4 Å². The molecule has 25 heavy (non-hydrogen) atoms. The van der Waals surface area contributed by atoms with Crippen molar-refractivity contribution in [3.05, 3.63) is 58.7 Å². The predicted molar refractivity (Wildman–Crippen MR) is 102 cm³/mol. The molecule has 4 heteroatoms. The average Bonchev–Trinajstić information content (AvgIpc) is 2.64. The molecule has 2 aromatic rings. The van der Waals surface area contributed by atoms with Crippen molar-refractivity contribution in [2.24, 2.45) is 0 Å². The molecule has 1 N–H and O–H groups in total. The van der Waals surface area contributed by atoms with Crippen LogP contribution in [-0.2, 0) is 0 Å². The fourth-order valence-corrected chi connectivity index (χ4v) is 3.76. The summed E-state index contributed by atoms with van der Waals surface area (Å²) in [6.45, 7) is 8.38. The number of piperazine rings is 1. The van der Waals surface area contributed by atoms with E-state index < -0.39 is 0 Å². The highest BCUT2D eigenvalue weighted by atomic mass is 16.5. The molecule has 3 rings (SSSR count). The number of hydrogen-bond acceptors (Lipinski definition) is 4. The third-order valence-electron chi connectivity index (χ3n) is 4.96. The smallest absolute Gasteiger partial charge is 0.165 e. The predicted octanol–water partition coefficient (Wildman–Crippen LogP) is 3.32. The van der Waals surface area contributed by atoms with Crippen molar-refractivity contribution >= 4 is 0 Å². The Balaban J connectivity index is 2.14. The van der Waals surface area contributed by atoms with E-state index in [1.807, 2.05) is 6.07 Å². The van der Waals surface area contributed by atoms with E-state index in [0.29, 0.717) is 0 Å². The summed E-state index contributed by atoms with van der Waals surface area (Å²) in [5, 5.41) is 3.45. The topological polar surface area (TPSA) is 33.7 Å². The van der Waals surface area contributed by atoms with Gasteiger partial charge >= 0.3 is 0 Å². The molecule has 0 saturated carbocycles. The van der Waals surface area contributed by atoms with Gasteiger partial charge in [0, 0.05) is 31.7 Å². The molecule has 0 amide bonds. The molecule has 0 spiro atoms. The zero-order valence-corrected chi connectivity index (χ0v) is 15.6. The SMILES string of the molecule is COc1cccc(C(c2ccc(C)cc2C)N2CCNCC2)c1OC. The Bertz CT molecular complexity index is 724. The summed E-state index contributed by atoms with van der Waals surface area (Å²) in [4.78, 5) is 2.53. The molecule has 2 aromatic carbocycles. The van der Waals surface area contributed by atoms with E-state index >= 15 is 0 Å². The molecule has 1 fully saturated rings. The summed E-state index contributed by atoms with van der Waals surface area (Å²) < 4.78 is 11.3. The first-order valence-electron chi connectivity index (χ1n) is 8.88. The number of methoxy groups -OCH3 is 2. The lowest BCUT2D eigenvalue weighted by molar-refractivity contribution is 0.194. The van der Waals surface area contributed by atoms with Crippen molar-refractivity contribution in [2.45, 2.75) is 19.9 Å². The minimum Gasteiger partial charge on any atom is -0.493 e. The van der Waals surface area contributed by atoms with Crippen LogP contribution in [0.4, 0.5) is 0 Å². The molecule has 0 aromatic heterocycles. The highest BCUT2D eigenvalue weighted by Gasteiger charge is 2.28. The zero-order valence-electron chi connectivity index (χ0n) is 15.6. The van der Waals surface area contributed by atoms with Crippen LogP contribution in [0, 0.1) is 13.8 Å². The van der Waals surface area contributed by atoms with Crippen LogP contribution in [0.15, 0.2) is 36.4 Å². The van der Waals surface area contributed by atoms with E-state index in [-0.39, 0.29) is 6.04 Å². The van der Waals surface area contributed by atoms with Gasteiger partial charge in [-0.3, -0.25) is 4.90 Å². The van der Waals surface area contributed by atoms with Crippen LogP contribution in [0.1, 0.15) is 28.3 Å². The first-order valence-corrected chi connectivity index (χ1v) is 8.88. The van der Waals surface area contributed by atoms with Crippen molar-refractivity contribution in [3.63, 3.8) is 0 Å². The summed E-state index contributed by atoms with van der Waals surface area (Å²) in [5.74, 6) is 1.61. The number of benzene rings is 2. The molecule has 1 aliphatic heterocycles. The normalized spacial score (nSPS) is 16.5. The number of nitrogens with zero attached hydrogens (tertiary/aromatic N) is 1. The fourth-order valence-electron chi connectivity index (χ4n) is 3.76. The zero-order chi connectivity index (χ0) is 17.8. The average molecular weight is 340 g/mol. The monoisotopic (exact) mass is 340 g/mol. The first kappa shape index (κ1) is 17.8. The summed E-state index contributed by atoms with van der Waals surface area (Å²) in [5.41, 5.74) is 5.10. The summed E-state index contributed by atoms with van der Waals surface area (Å²) in [6, 6.07) is 13.0. The lowest BCUT2D eigenvalue weighted by Gasteiger charge is -2.37. The first-order chi connectivity index (χ1) is 12.2. The van der Waals surface area contributed by atoms with Gasteiger partial charge in [0.25, 0.3) is 0 Å². The molecule has 1 heterocycles. The largest absolute Gasteiger partial charge is 0.493 e. The van der Waals surface area contributed by atoms with E-state index in [2.05, 4.69) is 54.4 Å². The van der Waals surface area contributed by atoms with E-state index in [9.17, 15) is 0 Å². The Hall–Kier alpha value is -2.04. The molecule has 1 saturated heterocycles. The van der Waals surface area contributed by atoms with Gasteiger partial charge in [-0.2, -0.15) is 0 Å². The number of aryl methyl sites for hydroxylation is 2. The quantitative estimate of drug-likeness (QED) is 0.905. The van der Waals surface area contributed by atoms with Gasteiger partial charge in [0.1, 0.15) is 0 Å². The van der Waals surface area contributed by atoms with Gasteiger partial charge in [0.15, 0.2) is 11.5 Å². The van der Waals surface area contributed by atoms with Crippen LogP contribution in [0.3, 0.4) is 0 Å². The van der Waals surface area contributed by atoms with Crippen molar-refractivity contribution < 1.29 is 9.47 Å². The molecule has 0 bridgehead atoms. The maximum absolute atomic E-state index is 5.76. The number of nitrogens with one attached hydrogen (secondary N) is 1. The maximum Gasteiger partial charge on any atom is 0.165 e. The summed E-state index contributed by atoms with van der Waals surface area (Å²) in [7, 11) is 3.41. The van der Waals surface area contributed by atoms with E-state index in [4.69, 9.17) is 9.47 Å². The van der Waals surface area contributed by atoms with Crippen LogP contribution in [0.5, 0.6) is 11.5 Å². The third-order valence-corrected chi connectivity index (χ3v) is 4.96. The van der Waals surface area contributed by atoms with Gasteiger partial charge in [-0.25, -0.2) is 0 Å². The van der Waals surface area contributed by atoms with Crippen molar-refractivity contribution in [3.8, 4) is 11.5 Å². The summed E-state index contributed by atoms with van der Waals surface area (Å²) in [6.07, 6.45) is 0. The molecule has 134 valence electrons. The third kappa shape index (κ3) is 3.65. The second kappa shape index (κ2) is 7.89. The van der Waals surface area contributed by atoms with Gasteiger partial charge in [-0.05, 0) is 31.0 Å². The van der Waals surface area contributed by atoms with Crippen LogP contribution in [0.2, 0.25) is 0 Å². The highest BCUT2D eigenvalue weighted by Crippen LogP contribution is 2.41. The van der Waals surface area contributed by atoms with Gasteiger partial charge < -0.3 is 14.8 Å². The molecule has 1 atom stereocenters. The molecule has 0 radical (unpaired) electrons. The molecular formula is C21H28N2O2. The fraction of sp³-hybridized carbons (Fsp3) is 0.429. The van der Waals surface area contributed by atoms with Crippen molar-refractivity contribution in [1.82, 2.24) is 10.2 Å². The number of para-hydroxylation sites is 1. The Kier molecular flexibility index (Phi) is 5.61. The van der Waals surface area contributed by atoms with Gasteiger partial charge in [-0.15, -0.1) is 0 Å². The van der Waals surface area contributed by atoms with E-state index in [1.165, 1.54) is 16.7 Å². The lowest BCUT2D eigenvalue weighted by atomic mass is 9.91. The number of ether oxygens (including phenoxy) is 2. The second-order valence-corrected chi connectivity index (χ2v) is 6.63. The number of hydrogen-bond donors (Lipinski definition) is 1. The Labute approximate surface area is 150 Å².